The van der Waals surface area contributed by atoms with Gasteiger partial charge in [0, 0.05) is 0 Å². The van der Waals surface area contributed by atoms with Crippen molar-refractivity contribution in [3.05, 3.63) is 24.6 Å². The molecule has 0 amide bonds. The predicted molar refractivity (Wildman–Crippen MR) is 87.5 cm³/mol. The van der Waals surface area contributed by atoms with Crippen molar-refractivity contribution >= 4 is 28.6 Å². The second-order valence-electron chi connectivity index (χ2n) is 5.37. The average Bonchev–Trinajstić information content (AvgIpc) is 3.32. The fraction of sp³-hybridized carbons (Fsp3) is 0.267. The summed E-state index contributed by atoms with van der Waals surface area (Å²) in [5.74, 6) is 0.636. The van der Waals surface area contributed by atoms with Gasteiger partial charge in [0.05, 0.1) is 24.5 Å². The summed E-state index contributed by atoms with van der Waals surface area (Å²) in [6, 6.07) is 2.86. The van der Waals surface area contributed by atoms with Gasteiger partial charge in [-0.05, 0) is 26.0 Å². The first-order valence-corrected chi connectivity index (χ1v) is 7.70. The van der Waals surface area contributed by atoms with Crippen molar-refractivity contribution in [1.29, 1.82) is 0 Å². The Kier molecular flexibility index (Phi) is 3.38. The van der Waals surface area contributed by atoms with Gasteiger partial charge in [-0.2, -0.15) is 14.6 Å². The number of rotatable bonds is 4. The third kappa shape index (κ3) is 2.30. The van der Waals surface area contributed by atoms with E-state index in [-0.39, 0.29) is 5.95 Å². The molecule has 0 aliphatic heterocycles. The normalized spacial score (nSPS) is 12.7. The summed E-state index contributed by atoms with van der Waals surface area (Å²) in [6.45, 7) is 3.72. The molecular weight excluding hydrogens is 326 g/mol. The van der Waals surface area contributed by atoms with E-state index < -0.39 is 12.0 Å². The van der Waals surface area contributed by atoms with E-state index in [1.165, 1.54) is 15.5 Å². The number of hydrogen-bond acceptors (Lipinski definition) is 8. The van der Waals surface area contributed by atoms with E-state index in [4.69, 9.17) is 14.9 Å². The van der Waals surface area contributed by atoms with E-state index in [1.807, 2.05) is 0 Å². The fourth-order valence-electron chi connectivity index (χ4n) is 2.58. The van der Waals surface area contributed by atoms with Crippen molar-refractivity contribution in [2.45, 2.75) is 19.9 Å². The van der Waals surface area contributed by atoms with Gasteiger partial charge in [-0.25, -0.2) is 14.5 Å². The minimum absolute atomic E-state index is 0.130. The van der Waals surface area contributed by atoms with Crippen molar-refractivity contribution in [1.82, 2.24) is 29.4 Å². The first-order chi connectivity index (χ1) is 12.1. The maximum absolute atomic E-state index is 12.0. The van der Waals surface area contributed by atoms with Crippen LogP contribution in [0.3, 0.4) is 0 Å². The summed E-state index contributed by atoms with van der Waals surface area (Å²) in [7, 11) is 0. The van der Waals surface area contributed by atoms with Crippen LogP contribution in [0.5, 0.6) is 0 Å². The van der Waals surface area contributed by atoms with Gasteiger partial charge in [0.25, 0.3) is 0 Å². The molecule has 0 spiro atoms. The number of carbonyl (C=O) groups excluding carboxylic acids is 1. The Morgan fingerprint density at radius 1 is 1.40 bits per heavy atom. The number of carbonyl (C=O) groups is 1. The molecule has 4 aromatic heterocycles. The smallest absolute Gasteiger partial charge is 0.330 e. The number of fused-ring (bicyclic) bond motifs is 3. The number of hydrogen-bond donors (Lipinski definition) is 1. The predicted octanol–water partition coefficient (Wildman–Crippen LogP) is 1.44. The van der Waals surface area contributed by atoms with Crippen LogP contribution < -0.4 is 5.73 Å². The first-order valence-electron chi connectivity index (χ1n) is 7.70. The zero-order chi connectivity index (χ0) is 17.6. The van der Waals surface area contributed by atoms with Gasteiger partial charge in [-0.1, -0.05) is 0 Å². The zero-order valence-electron chi connectivity index (χ0n) is 13.6. The fourth-order valence-corrected chi connectivity index (χ4v) is 2.58. The van der Waals surface area contributed by atoms with Crippen LogP contribution in [0, 0.1) is 0 Å². The molecular formula is C15H15N7O3. The number of nitrogens with zero attached hydrogens (tertiary/aromatic N) is 6. The highest BCUT2D eigenvalue weighted by Crippen LogP contribution is 2.25. The zero-order valence-corrected chi connectivity index (χ0v) is 13.6. The lowest BCUT2D eigenvalue weighted by Gasteiger charge is -2.11. The van der Waals surface area contributed by atoms with Crippen LogP contribution in [-0.4, -0.2) is 41.9 Å². The van der Waals surface area contributed by atoms with Crippen LogP contribution in [0.1, 0.15) is 19.9 Å². The number of anilines is 1. The highest BCUT2D eigenvalue weighted by Gasteiger charge is 2.23. The van der Waals surface area contributed by atoms with Crippen LogP contribution >= 0.6 is 0 Å². The molecule has 0 saturated heterocycles. The summed E-state index contributed by atoms with van der Waals surface area (Å²) >= 11 is 0. The van der Waals surface area contributed by atoms with E-state index >= 15 is 0 Å². The van der Waals surface area contributed by atoms with Gasteiger partial charge in [0.1, 0.15) is 6.04 Å². The molecule has 2 N–H and O–H groups in total. The Labute approximate surface area is 141 Å². The number of ether oxygens (including phenoxy) is 1. The van der Waals surface area contributed by atoms with Crippen molar-refractivity contribution in [3.8, 4) is 11.6 Å². The molecule has 0 aliphatic carbocycles. The largest absolute Gasteiger partial charge is 0.464 e. The Balaban J connectivity index is 1.89. The molecule has 4 aromatic rings. The van der Waals surface area contributed by atoms with Crippen LogP contribution in [0.25, 0.3) is 28.3 Å². The van der Waals surface area contributed by atoms with Crippen LogP contribution in [0.15, 0.2) is 29.0 Å². The van der Waals surface area contributed by atoms with Crippen molar-refractivity contribution in [3.63, 3.8) is 0 Å². The maximum Gasteiger partial charge on any atom is 0.330 e. The SMILES string of the molecule is CCOC(=O)C(C)n1ncc2c1nc(N)n1nc(-c3ccco3)nc21. The van der Waals surface area contributed by atoms with Crippen molar-refractivity contribution in [2.75, 3.05) is 12.3 Å². The quantitative estimate of drug-likeness (QED) is 0.552. The lowest BCUT2D eigenvalue weighted by atomic mass is 10.3. The molecule has 0 aromatic carbocycles. The number of furan rings is 1. The number of nitrogen functional groups attached to an aromatic ring is 1. The number of esters is 1. The maximum atomic E-state index is 12.0. The average molecular weight is 341 g/mol. The second kappa shape index (κ2) is 5.58. The molecule has 0 saturated carbocycles. The van der Waals surface area contributed by atoms with Gasteiger partial charge >= 0.3 is 5.97 Å². The number of aromatic nitrogens is 6. The van der Waals surface area contributed by atoms with Crippen molar-refractivity contribution < 1.29 is 13.9 Å². The van der Waals surface area contributed by atoms with E-state index in [1.54, 1.807) is 32.2 Å². The van der Waals surface area contributed by atoms with Crippen LogP contribution in [0.2, 0.25) is 0 Å². The van der Waals surface area contributed by atoms with Gasteiger partial charge in [0.2, 0.25) is 11.8 Å². The van der Waals surface area contributed by atoms with E-state index in [2.05, 4.69) is 20.2 Å². The Bertz CT molecular complexity index is 1060. The van der Waals surface area contributed by atoms with Crippen molar-refractivity contribution in [2.24, 2.45) is 0 Å². The lowest BCUT2D eigenvalue weighted by molar-refractivity contribution is -0.146. The molecule has 0 fully saturated rings. The van der Waals surface area contributed by atoms with Gasteiger partial charge in [-0.3, -0.25) is 0 Å². The summed E-state index contributed by atoms with van der Waals surface area (Å²) in [5.41, 5.74) is 6.93. The van der Waals surface area contributed by atoms with Gasteiger partial charge in [0.15, 0.2) is 17.1 Å². The molecule has 0 radical (unpaired) electrons. The first kappa shape index (κ1) is 15.1. The highest BCUT2D eigenvalue weighted by molar-refractivity contribution is 5.91. The second-order valence-corrected chi connectivity index (χ2v) is 5.37. The summed E-state index contributed by atoms with van der Waals surface area (Å²) in [6.07, 6.45) is 3.12. The van der Waals surface area contributed by atoms with Gasteiger partial charge in [-0.15, -0.1) is 5.10 Å². The van der Waals surface area contributed by atoms with Gasteiger partial charge < -0.3 is 14.9 Å². The Morgan fingerprint density at radius 3 is 2.96 bits per heavy atom. The van der Waals surface area contributed by atoms with Crippen LogP contribution in [-0.2, 0) is 9.53 Å². The van der Waals surface area contributed by atoms with E-state index in [0.29, 0.717) is 34.9 Å². The summed E-state index contributed by atoms with van der Waals surface area (Å²) in [5, 5.41) is 9.20. The minimum atomic E-state index is -0.640. The molecule has 10 heteroatoms. The third-order valence-corrected chi connectivity index (χ3v) is 3.79. The molecule has 25 heavy (non-hydrogen) atoms. The topological polar surface area (TPSA) is 126 Å². The van der Waals surface area contributed by atoms with Crippen LogP contribution in [0.4, 0.5) is 5.95 Å². The highest BCUT2D eigenvalue weighted by atomic mass is 16.5. The molecule has 128 valence electrons. The summed E-state index contributed by atoms with van der Waals surface area (Å²) in [4.78, 5) is 20.8. The molecule has 1 atom stereocenters. The monoisotopic (exact) mass is 341 g/mol. The molecule has 4 rings (SSSR count). The molecule has 0 bridgehead atoms. The minimum Gasteiger partial charge on any atom is -0.464 e. The Hall–Kier alpha value is -3.43. The number of nitrogens with two attached hydrogens (primary N) is 1. The van der Waals surface area contributed by atoms with E-state index in [0.717, 1.165) is 0 Å². The molecule has 1 unspecified atom stereocenters. The molecule has 4 heterocycles. The Morgan fingerprint density at radius 2 is 2.24 bits per heavy atom. The lowest BCUT2D eigenvalue weighted by Crippen LogP contribution is -2.20. The van der Waals surface area contributed by atoms with E-state index in [9.17, 15) is 4.79 Å². The summed E-state index contributed by atoms with van der Waals surface area (Å²) < 4.78 is 13.2. The molecule has 0 aliphatic rings. The third-order valence-electron chi connectivity index (χ3n) is 3.79. The molecule has 10 nitrogen and oxygen atoms in total. The standard InChI is InChI=1S/C15H15N7O3/c1-3-24-14(23)8(2)21-13-9(7-17-21)12-18-11(10-5-4-6-25-10)20-22(12)15(16)19-13/h4-8H,3H2,1-2H3,(H2,16,19).